The summed E-state index contributed by atoms with van der Waals surface area (Å²) in [7, 11) is 1.75. The molecule has 2 amide bonds. The molecule has 1 N–H and O–H groups in total. The first kappa shape index (κ1) is 21.3. The van der Waals surface area contributed by atoms with Gasteiger partial charge in [-0.25, -0.2) is 4.98 Å². The molecule has 1 saturated carbocycles. The summed E-state index contributed by atoms with van der Waals surface area (Å²) in [5.74, 6) is 0.984. The topological polar surface area (TPSA) is 68.8 Å². The summed E-state index contributed by atoms with van der Waals surface area (Å²) in [6.07, 6.45) is 3.71. The number of amides is 2. The van der Waals surface area contributed by atoms with Crippen LogP contribution in [-0.4, -0.2) is 61.5 Å². The molecule has 0 unspecified atom stereocenters. The highest BCUT2D eigenvalue weighted by molar-refractivity contribution is 6.05. The molecule has 7 nitrogen and oxygen atoms in total. The van der Waals surface area contributed by atoms with E-state index in [1.807, 2.05) is 36.5 Å². The molecule has 7 heteroatoms. The van der Waals surface area contributed by atoms with Gasteiger partial charge in [-0.05, 0) is 43.1 Å². The van der Waals surface area contributed by atoms with Crippen molar-refractivity contribution in [2.24, 2.45) is 5.92 Å². The van der Waals surface area contributed by atoms with Gasteiger partial charge < -0.3 is 20.0 Å². The fourth-order valence-electron chi connectivity index (χ4n) is 3.96. The number of nitrogens with zero attached hydrogens (tertiary/aromatic N) is 4. The van der Waals surface area contributed by atoms with E-state index in [0.29, 0.717) is 17.8 Å². The summed E-state index contributed by atoms with van der Waals surface area (Å²) < 4.78 is 0. The van der Waals surface area contributed by atoms with E-state index in [9.17, 15) is 9.59 Å². The zero-order valence-electron chi connectivity index (χ0n) is 18.4. The van der Waals surface area contributed by atoms with Gasteiger partial charge in [0.25, 0.3) is 5.91 Å². The number of carbonyl (C=O) groups excluding carboxylic acids is 2. The molecule has 2 heterocycles. The van der Waals surface area contributed by atoms with Crippen molar-refractivity contribution in [1.82, 2.24) is 15.2 Å². The Labute approximate surface area is 184 Å². The molecule has 1 aliphatic carbocycles. The maximum Gasteiger partial charge on any atom is 0.253 e. The first-order valence-corrected chi connectivity index (χ1v) is 11.1. The van der Waals surface area contributed by atoms with Gasteiger partial charge in [-0.1, -0.05) is 25.1 Å². The van der Waals surface area contributed by atoms with Crippen molar-refractivity contribution in [2.45, 2.75) is 26.3 Å². The van der Waals surface area contributed by atoms with Crippen LogP contribution < -0.4 is 15.1 Å². The zero-order chi connectivity index (χ0) is 21.8. The largest absolute Gasteiger partial charge is 0.354 e. The zero-order valence-corrected chi connectivity index (χ0v) is 18.4. The summed E-state index contributed by atoms with van der Waals surface area (Å²) >= 11 is 0. The summed E-state index contributed by atoms with van der Waals surface area (Å²) in [6, 6.07) is 11.3. The molecule has 4 rings (SSSR count). The van der Waals surface area contributed by atoms with Gasteiger partial charge in [0.1, 0.15) is 5.82 Å². The third-order valence-electron chi connectivity index (χ3n) is 6.17. The summed E-state index contributed by atoms with van der Waals surface area (Å²) in [5.41, 5.74) is 2.11. The molecular formula is C24H31N5O2. The van der Waals surface area contributed by atoms with E-state index < -0.39 is 0 Å². The summed E-state index contributed by atoms with van der Waals surface area (Å²) in [6.45, 7) is 7.78. The van der Waals surface area contributed by atoms with E-state index in [-0.39, 0.29) is 17.7 Å². The van der Waals surface area contributed by atoms with E-state index in [0.717, 1.165) is 56.9 Å². The Balaban J connectivity index is 1.35. The minimum Gasteiger partial charge on any atom is -0.354 e. The van der Waals surface area contributed by atoms with E-state index in [1.165, 1.54) is 0 Å². The van der Waals surface area contributed by atoms with Crippen molar-refractivity contribution < 1.29 is 9.59 Å². The van der Waals surface area contributed by atoms with Crippen LogP contribution in [0, 0.1) is 5.92 Å². The van der Waals surface area contributed by atoms with Crippen LogP contribution in [0.2, 0.25) is 0 Å². The third kappa shape index (κ3) is 5.05. The van der Waals surface area contributed by atoms with E-state index >= 15 is 0 Å². The normalized spacial score (nSPS) is 16.8. The summed E-state index contributed by atoms with van der Waals surface area (Å²) in [5, 5.41) is 2.97. The van der Waals surface area contributed by atoms with Gasteiger partial charge in [0, 0.05) is 51.9 Å². The second-order valence-electron chi connectivity index (χ2n) is 8.32. The summed E-state index contributed by atoms with van der Waals surface area (Å²) in [4.78, 5) is 36.2. The Morgan fingerprint density at radius 1 is 1.10 bits per heavy atom. The van der Waals surface area contributed by atoms with Crippen LogP contribution in [-0.2, 0) is 11.3 Å². The van der Waals surface area contributed by atoms with Gasteiger partial charge in [-0.2, -0.15) is 0 Å². The van der Waals surface area contributed by atoms with Crippen molar-refractivity contribution in [3.05, 3.63) is 53.7 Å². The van der Waals surface area contributed by atoms with E-state index in [1.54, 1.807) is 18.0 Å². The fourth-order valence-corrected chi connectivity index (χ4v) is 3.96. The van der Waals surface area contributed by atoms with Gasteiger partial charge in [0.05, 0.1) is 11.3 Å². The molecule has 164 valence electrons. The van der Waals surface area contributed by atoms with Crippen LogP contribution in [0.4, 0.5) is 11.5 Å². The quantitative estimate of drug-likeness (QED) is 0.744. The molecule has 0 spiro atoms. The van der Waals surface area contributed by atoms with Crippen LogP contribution in [0.25, 0.3) is 0 Å². The lowest BCUT2D eigenvalue weighted by Gasteiger charge is -2.34. The van der Waals surface area contributed by atoms with Crippen LogP contribution >= 0.6 is 0 Å². The van der Waals surface area contributed by atoms with Crippen LogP contribution in [0.1, 0.15) is 35.7 Å². The highest BCUT2D eigenvalue weighted by atomic mass is 16.2. The van der Waals surface area contributed by atoms with E-state index in [4.69, 9.17) is 0 Å². The monoisotopic (exact) mass is 421 g/mol. The minimum absolute atomic E-state index is 0.0832. The van der Waals surface area contributed by atoms with Crippen LogP contribution in [0.15, 0.2) is 42.6 Å². The fraction of sp³-hybridized carbons (Fsp3) is 0.458. The Morgan fingerprint density at radius 3 is 2.48 bits per heavy atom. The lowest BCUT2D eigenvalue weighted by Crippen LogP contribution is -2.46. The van der Waals surface area contributed by atoms with Crippen molar-refractivity contribution in [3.63, 3.8) is 0 Å². The number of aromatic nitrogens is 1. The number of hydrogen-bond donors (Lipinski definition) is 1. The molecule has 1 aliphatic heterocycles. The van der Waals surface area contributed by atoms with Crippen molar-refractivity contribution in [3.8, 4) is 0 Å². The first-order chi connectivity index (χ1) is 15.1. The van der Waals surface area contributed by atoms with Gasteiger partial charge in [-0.15, -0.1) is 0 Å². The highest BCUT2D eigenvalue weighted by Crippen LogP contribution is 2.33. The van der Waals surface area contributed by atoms with Gasteiger partial charge in [-0.3, -0.25) is 9.59 Å². The molecule has 1 aromatic heterocycles. The number of anilines is 2. The number of benzene rings is 1. The van der Waals surface area contributed by atoms with Gasteiger partial charge >= 0.3 is 0 Å². The van der Waals surface area contributed by atoms with Crippen molar-refractivity contribution >= 4 is 23.3 Å². The molecule has 2 aliphatic rings. The molecule has 0 bridgehead atoms. The number of para-hydroxylation sites is 1. The van der Waals surface area contributed by atoms with Crippen molar-refractivity contribution in [1.29, 1.82) is 0 Å². The minimum atomic E-state index is -0.189. The Morgan fingerprint density at radius 2 is 1.84 bits per heavy atom. The smallest absolute Gasteiger partial charge is 0.253 e. The van der Waals surface area contributed by atoms with Crippen molar-refractivity contribution in [2.75, 3.05) is 49.6 Å². The molecular weight excluding hydrogens is 390 g/mol. The number of nitrogens with one attached hydrogen (secondary N) is 1. The first-order valence-electron chi connectivity index (χ1n) is 11.1. The molecule has 2 fully saturated rings. The molecule has 31 heavy (non-hydrogen) atoms. The maximum absolute atomic E-state index is 12.8. The number of carbonyl (C=O) groups is 2. The van der Waals surface area contributed by atoms with Gasteiger partial charge in [0.15, 0.2) is 0 Å². The number of hydrogen-bond acceptors (Lipinski definition) is 5. The van der Waals surface area contributed by atoms with Crippen LogP contribution in [0.3, 0.4) is 0 Å². The maximum atomic E-state index is 12.8. The highest BCUT2D eigenvalue weighted by Gasteiger charge is 2.33. The molecule has 0 atom stereocenters. The van der Waals surface area contributed by atoms with E-state index in [2.05, 4.69) is 27.0 Å². The average Bonchev–Trinajstić information content (AvgIpc) is 3.67. The second kappa shape index (κ2) is 9.47. The number of piperazine rings is 1. The lowest BCUT2D eigenvalue weighted by molar-refractivity contribution is -0.119. The number of likely N-dealkylation sites (N-methyl/N-ethyl adjacent to an activating group) is 1. The Kier molecular flexibility index (Phi) is 6.51. The Hall–Kier alpha value is -2.93. The number of rotatable bonds is 7. The molecule has 1 aromatic carbocycles. The predicted octanol–water partition coefficient (Wildman–Crippen LogP) is 2.53. The Bertz CT molecular complexity index is 918. The average molecular weight is 422 g/mol. The molecule has 2 aromatic rings. The standard InChI is InChI=1S/C24H31N5O2/c1-3-28-12-14-29(15-13-28)22-11-8-18(16-25-22)17-26-23(30)20-6-4-5-7-21(20)27(2)24(31)19-9-10-19/h4-8,11,16,19H,3,9-10,12-15,17H2,1-2H3,(H,26,30). The molecule has 1 saturated heterocycles. The second-order valence-corrected chi connectivity index (χ2v) is 8.32. The third-order valence-corrected chi connectivity index (χ3v) is 6.17. The lowest BCUT2D eigenvalue weighted by atomic mass is 10.1. The van der Waals surface area contributed by atoms with Gasteiger partial charge in [0.2, 0.25) is 5.91 Å². The SMILES string of the molecule is CCN1CCN(c2ccc(CNC(=O)c3ccccc3N(C)C(=O)C3CC3)cn2)CC1. The van der Waals surface area contributed by atoms with Crippen LogP contribution in [0.5, 0.6) is 0 Å². The molecule has 0 radical (unpaired) electrons. The number of pyridine rings is 1. The predicted molar refractivity (Wildman–Crippen MR) is 122 cm³/mol.